The molecule has 0 amide bonds. The van der Waals surface area contributed by atoms with Crippen molar-refractivity contribution >= 4 is 69.9 Å². The molecule has 13 heavy (non-hydrogen) atoms. The van der Waals surface area contributed by atoms with E-state index in [0.29, 0.717) is 4.88 Å². The molecule has 1 N–H and O–H groups in total. The number of carboxylic acid groups (broad SMARTS) is 1. The van der Waals surface area contributed by atoms with Gasteiger partial charge in [0.2, 0.25) is 0 Å². The lowest BCUT2D eigenvalue weighted by atomic mass is 10.4. The fraction of sp³-hybridized carbons (Fsp3) is 0. The van der Waals surface area contributed by atoms with Crippen LogP contribution in [-0.4, -0.2) is 11.1 Å². The summed E-state index contributed by atoms with van der Waals surface area (Å²) in [5.74, 6) is -0.864. The highest BCUT2D eigenvalue weighted by atomic mass is 79.9. The summed E-state index contributed by atoms with van der Waals surface area (Å²) in [6, 6.07) is 1.70. The van der Waals surface area contributed by atoms with E-state index in [2.05, 4.69) is 31.9 Å². The molecule has 0 aliphatic carbocycles. The van der Waals surface area contributed by atoms with Crippen LogP contribution >= 0.6 is 54.5 Å². The van der Waals surface area contributed by atoms with Gasteiger partial charge in [-0.1, -0.05) is 0 Å². The normalized spacial score (nSPS) is 10.9. The van der Waals surface area contributed by atoms with Crippen LogP contribution in [0, 0.1) is 0 Å². The van der Waals surface area contributed by atoms with Gasteiger partial charge in [-0.15, -0.1) is 22.7 Å². The van der Waals surface area contributed by atoms with Gasteiger partial charge in [0.25, 0.3) is 0 Å². The fourth-order valence-electron chi connectivity index (χ4n) is 0.939. The summed E-state index contributed by atoms with van der Waals surface area (Å²) in [7, 11) is 0. The van der Waals surface area contributed by atoms with Crippen LogP contribution in [0.3, 0.4) is 0 Å². The SMILES string of the molecule is O=C(O)c1cc2sc(Br)c(Br)c2s1. The molecule has 6 heteroatoms. The van der Waals surface area contributed by atoms with E-state index in [-0.39, 0.29) is 0 Å². The van der Waals surface area contributed by atoms with Crippen LogP contribution in [0.1, 0.15) is 9.67 Å². The lowest BCUT2D eigenvalue weighted by Crippen LogP contribution is -1.89. The van der Waals surface area contributed by atoms with E-state index in [4.69, 9.17) is 5.11 Å². The Bertz CT molecular complexity index is 486. The Kier molecular flexibility index (Phi) is 2.48. The summed E-state index contributed by atoms with van der Waals surface area (Å²) in [6.07, 6.45) is 0. The minimum atomic E-state index is -0.864. The highest BCUT2D eigenvalue weighted by molar-refractivity contribution is 9.13. The van der Waals surface area contributed by atoms with Gasteiger partial charge in [0.1, 0.15) is 4.88 Å². The highest BCUT2D eigenvalue weighted by Crippen LogP contribution is 2.43. The number of carbonyl (C=O) groups is 1. The number of aromatic carboxylic acids is 1. The Morgan fingerprint density at radius 3 is 2.62 bits per heavy atom. The van der Waals surface area contributed by atoms with E-state index in [1.165, 1.54) is 22.7 Å². The number of hydrogen-bond acceptors (Lipinski definition) is 3. The molecule has 0 saturated carbocycles. The van der Waals surface area contributed by atoms with Gasteiger partial charge < -0.3 is 5.11 Å². The zero-order valence-corrected chi connectivity index (χ0v) is 10.8. The van der Waals surface area contributed by atoms with Crippen molar-refractivity contribution in [1.82, 2.24) is 0 Å². The monoisotopic (exact) mass is 340 g/mol. The third-order valence-corrected chi connectivity index (χ3v) is 6.41. The van der Waals surface area contributed by atoms with Crippen molar-refractivity contribution in [3.05, 3.63) is 19.2 Å². The Morgan fingerprint density at radius 1 is 1.38 bits per heavy atom. The summed E-state index contributed by atoms with van der Waals surface area (Å²) < 4.78 is 3.95. The Labute approximate surface area is 98.4 Å². The predicted octanol–water partition coefficient (Wildman–Crippen LogP) is 4.19. The molecule has 0 fully saturated rings. The second-order valence-corrected chi connectivity index (χ2v) is 6.51. The van der Waals surface area contributed by atoms with Crippen molar-refractivity contribution in [1.29, 1.82) is 0 Å². The first-order valence-electron chi connectivity index (χ1n) is 3.20. The molecule has 0 radical (unpaired) electrons. The van der Waals surface area contributed by atoms with Crippen molar-refractivity contribution in [3.8, 4) is 0 Å². The second-order valence-electron chi connectivity index (χ2n) is 2.30. The van der Waals surface area contributed by atoms with Crippen LogP contribution in [-0.2, 0) is 0 Å². The summed E-state index contributed by atoms with van der Waals surface area (Å²) in [6.45, 7) is 0. The van der Waals surface area contributed by atoms with Crippen LogP contribution in [0.25, 0.3) is 9.40 Å². The van der Waals surface area contributed by atoms with E-state index < -0.39 is 5.97 Å². The van der Waals surface area contributed by atoms with Crippen molar-refractivity contribution in [3.63, 3.8) is 0 Å². The summed E-state index contributed by atoms with van der Waals surface area (Å²) in [5, 5.41) is 8.75. The highest BCUT2D eigenvalue weighted by Gasteiger charge is 2.14. The van der Waals surface area contributed by atoms with Crippen LogP contribution in [0.2, 0.25) is 0 Å². The molecule has 2 nitrogen and oxygen atoms in total. The smallest absolute Gasteiger partial charge is 0.345 e. The average Bonchev–Trinajstić information content (AvgIpc) is 2.55. The molecule has 0 aromatic carbocycles. The largest absolute Gasteiger partial charge is 0.477 e. The quantitative estimate of drug-likeness (QED) is 0.844. The van der Waals surface area contributed by atoms with E-state index >= 15 is 0 Å². The maximum absolute atomic E-state index is 10.7. The van der Waals surface area contributed by atoms with Crippen LogP contribution < -0.4 is 0 Å². The molecular weight excluding hydrogens is 340 g/mol. The standard InChI is InChI=1S/C7H2Br2O2S2/c8-4-5-2(13-6(4)9)1-3(12-5)7(10)11/h1H,(H,10,11). The van der Waals surface area contributed by atoms with Crippen LogP contribution in [0.15, 0.2) is 14.3 Å². The van der Waals surface area contributed by atoms with Crippen LogP contribution in [0.5, 0.6) is 0 Å². The summed E-state index contributed by atoms with van der Waals surface area (Å²) >= 11 is 9.60. The van der Waals surface area contributed by atoms with E-state index in [1.807, 2.05) is 0 Å². The summed E-state index contributed by atoms with van der Waals surface area (Å²) in [5.41, 5.74) is 0. The molecular formula is C7H2Br2O2S2. The Balaban J connectivity index is 2.72. The molecule has 2 heterocycles. The first-order chi connectivity index (χ1) is 6.09. The van der Waals surface area contributed by atoms with Gasteiger partial charge in [-0.2, -0.15) is 0 Å². The number of rotatable bonds is 1. The molecule has 0 aliphatic rings. The maximum Gasteiger partial charge on any atom is 0.345 e. The molecule has 2 aromatic rings. The number of hydrogen-bond donors (Lipinski definition) is 1. The lowest BCUT2D eigenvalue weighted by Gasteiger charge is -1.84. The molecule has 0 aliphatic heterocycles. The summed E-state index contributed by atoms with van der Waals surface area (Å²) in [4.78, 5) is 11.0. The van der Waals surface area contributed by atoms with E-state index in [1.54, 1.807) is 6.07 Å². The zero-order valence-electron chi connectivity index (χ0n) is 6.01. The number of carboxylic acids is 1. The molecule has 0 bridgehead atoms. The number of halogens is 2. The van der Waals surface area contributed by atoms with Gasteiger partial charge in [0.15, 0.2) is 0 Å². The molecule has 0 spiro atoms. The van der Waals surface area contributed by atoms with Gasteiger partial charge in [-0.05, 0) is 37.9 Å². The average molecular weight is 342 g/mol. The van der Waals surface area contributed by atoms with Crippen molar-refractivity contribution < 1.29 is 9.90 Å². The molecule has 2 rings (SSSR count). The third kappa shape index (κ3) is 1.56. The predicted molar refractivity (Wildman–Crippen MR) is 62.1 cm³/mol. The number of fused-ring (bicyclic) bond motifs is 1. The van der Waals surface area contributed by atoms with Gasteiger partial charge >= 0.3 is 5.97 Å². The first-order valence-corrected chi connectivity index (χ1v) is 6.42. The molecule has 0 saturated heterocycles. The number of thiophene rings is 2. The van der Waals surface area contributed by atoms with E-state index in [9.17, 15) is 4.79 Å². The molecule has 0 atom stereocenters. The Hall–Kier alpha value is 0.0900. The molecule has 2 aromatic heterocycles. The Morgan fingerprint density at radius 2 is 2.08 bits per heavy atom. The lowest BCUT2D eigenvalue weighted by molar-refractivity contribution is 0.0702. The van der Waals surface area contributed by atoms with Crippen molar-refractivity contribution in [2.75, 3.05) is 0 Å². The van der Waals surface area contributed by atoms with Gasteiger partial charge in [-0.3, -0.25) is 0 Å². The fourth-order valence-corrected chi connectivity index (χ4v) is 4.60. The maximum atomic E-state index is 10.7. The molecule has 68 valence electrons. The van der Waals surface area contributed by atoms with Crippen molar-refractivity contribution in [2.45, 2.75) is 0 Å². The first kappa shape index (κ1) is 9.64. The van der Waals surface area contributed by atoms with Gasteiger partial charge in [0, 0.05) is 4.70 Å². The second kappa shape index (κ2) is 3.34. The van der Waals surface area contributed by atoms with Gasteiger partial charge in [-0.25, -0.2) is 4.79 Å². The zero-order chi connectivity index (χ0) is 9.59. The van der Waals surface area contributed by atoms with Crippen LogP contribution in [0.4, 0.5) is 0 Å². The van der Waals surface area contributed by atoms with Crippen molar-refractivity contribution in [2.24, 2.45) is 0 Å². The molecule has 0 unspecified atom stereocenters. The third-order valence-electron chi connectivity index (χ3n) is 1.48. The minimum Gasteiger partial charge on any atom is -0.477 e. The van der Waals surface area contributed by atoms with Gasteiger partial charge in [0.05, 0.1) is 13.0 Å². The topological polar surface area (TPSA) is 37.3 Å². The minimum absolute atomic E-state index is 0.384. The van der Waals surface area contributed by atoms with E-state index in [0.717, 1.165) is 17.7 Å².